The monoisotopic (exact) mass is 558 g/mol. The molecule has 35 heavy (non-hydrogen) atoms. The summed E-state index contributed by atoms with van der Waals surface area (Å²) in [6, 6.07) is 7.78. The summed E-state index contributed by atoms with van der Waals surface area (Å²) in [5.41, 5.74) is 1.58. The first-order chi connectivity index (χ1) is 16.8. The summed E-state index contributed by atoms with van der Waals surface area (Å²) >= 11 is 4.58. The van der Waals surface area contributed by atoms with Crippen molar-refractivity contribution in [2.24, 2.45) is 0 Å². The van der Waals surface area contributed by atoms with Crippen molar-refractivity contribution in [2.45, 2.75) is 25.8 Å². The summed E-state index contributed by atoms with van der Waals surface area (Å²) in [6.07, 6.45) is 1.44. The van der Waals surface area contributed by atoms with E-state index < -0.39 is 11.7 Å². The standard InChI is InChI=1S/C24H20BrFN4O4S/c1-12-15(25)6-5-14(21(12)26)24(33)30-8-2-3-18(30)23-29-17(11-35-23)22(32)27-13-4-7-19-16(9-13)28-20(31)10-34-19/h4-7,9,11,18H,2-3,8,10H2,1H3,(H,27,32)(H,28,31)/t18-/m1/s1. The normalized spacial score (nSPS) is 16.9. The van der Waals surface area contributed by atoms with Crippen LogP contribution < -0.4 is 15.4 Å². The number of likely N-dealkylation sites (tertiary alicyclic amines) is 1. The Morgan fingerprint density at radius 2 is 2.14 bits per heavy atom. The number of halogens is 2. The van der Waals surface area contributed by atoms with E-state index in [0.29, 0.717) is 45.1 Å². The maximum absolute atomic E-state index is 14.8. The third kappa shape index (κ3) is 4.53. The topological polar surface area (TPSA) is 101 Å². The lowest BCUT2D eigenvalue weighted by atomic mass is 10.1. The number of fused-ring (bicyclic) bond motifs is 1. The fourth-order valence-corrected chi connectivity index (χ4v) is 5.40. The zero-order chi connectivity index (χ0) is 24.7. The maximum atomic E-state index is 14.8. The summed E-state index contributed by atoms with van der Waals surface area (Å²) in [5.74, 6) is -1.08. The number of hydrogen-bond donors (Lipinski definition) is 2. The lowest BCUT2D eigenvalue weighted by Crippen LogP contribution is -2.31. The van der Waals surface area contributed by atoms with E-state index in [1.807, 2.05) is 0 Å². The van der Waals surface area contributed by atoms with E-state index in [1.165, 1.54) is 17.4 Å². The molecule has 0 spiro atoms. The molecular formula is C24H20BrFN4O4S. The molecule has 0 saturated carbocycles. The number of thiazole rings is 1. The van der Waals surface area contributed by atoms with E-state index in [9.17, 15) is 18.8 Å². The number of benzene rings is 2. The van der Waals surface area contributed by atoms with Gasteiger partial charge in [0.15, 0.2) is 6.61 Å². The number of carbonyl (C=O) groups is 3. The Hall–Kier alpha value is -3.31. The highest BCUT2D eigenvalue weighted by Gasteiger charge is 2.34. The molecule has 2 aromatic carbocycles. The van der Waals surface area contributed by atoms with Gasteiger partial charge in [-0.25, -0.2) is 9.37 Å². The van der Waals surface area contributed by atoms with Crippen molar-refractivity contribution >= 4 is 56.4 Å². The van der Waals surface area contributed by atoms with Crippen LogP contribution in [0, 0.1) is 12.7 Å². The quantitative estimate of drug-likeness (QED) is 0.473. The molecule has 3 aromatic rings. The predicted molar refractivity (Wildman–Crippen MR) is 132 cm³/mol. The molecule has 0 aliphatic carbocycles. The average Bonchev–Trinajstić information content (AvgIpc) is 3.52. The van der Waals surface area contributed by atoms with E-state index >= 15 is 0 Å². The number of carbonyl (C=O) groups excluding carboxylic acids is 3. The number of nitrogens with one attached hydrogen (secondary N) is 2. The van der Waals surface area contributed by atoms with E-state index in [2.05, 4.69) is 31.5 Å². The van der Waals surface area contributed by atoms with E-state index in [0.717, 1.165) is 6.42 Å². The lowest BCUT2D eigenvalue weighted by Gasteiger charge is -2.23. The van der Waals surface area contributed by atoms with Crippen LogP contribution in [0.2, 0.25) is 0 Å². The number of ether oxygens (including phenoxy) is 1. The smallest absolute Gasteiger partial charge is 0.275 e. The Bertz CT molecular complexity index is 1360. The molecule has 1 atom stereocenters. The molecular weight excluding hydrogens is 539 g/mol. The van der Waals surface area contributed by atoms with Gasteiger partial charge in [-0.15, -0.1) is 11.3 Å². The SMILES string of the molecule is Cc1c(Br)ccc(C(=O)N2CCC[C@@H]2c2nc(C(=O)Nc3ccc4c(c3)NC(=O)CO4)cs2)c1F. The van der Waals surface area contributed by atoms with Gasteiger partial charge in [-0.3, -0.25) is 14.4 Å². The first-order valence-corrected chi connectivity index (χ1v) is 12.6. The molecule has 1 aromatic heterocycles. The van der Waals surface area contributed by atoms with Crippen molar-refractivity contribution in [2.75, 3.05) is 23.8 Å². The molecule has 0 radical (unpaired) electrons. The number of nitrogens with zero attached hydrogens (tertiary/aromatic N) is 2. The van der Waals surface area contributed by atoms with Gasteiger partial charge in [0, 0.05) is 22.1 Å². The minimum Gasteiger partial charge on any atom is -0.482 e. The highest BCUT2D eigenvalue weighted by Crippen LogP contribution is 2.36. The van der Waals surface area contributed by atoms with Gasteiger partial charge >= 0.3 is 0 Å². The molecule has 0 unspecified atom stereocenters. The fraction of sp³-hybridized carbons (Fsp3) is 0.250. The number of hydrogen-bond acceptors (Lipinski definition) is 6. The Labute approximate surface area is 212 Å². The molecule has 11 heteroatoms. The van der Waals surface area contributed by atoms with Crippen LogP contribution in [0.5, 0.6) is 5.75 Å². The minimum atomic E-state index is -0.541. The molecule has 1 saturated heterocycles. The number of amides is 3. The lowest BCUT2D eigenvalue weighted by molar-refractivity contribution is -0.118. The van der Waals surface area contributed by atoms with Crippen molar-refractivity contribution in [1.82, 2.24) is 9.88 Å². The van der Waals surface area contributed by atoms with Crippen molar-refractivity contribution in [1.29, 1.82) is 0 Å². The van der Waals surface area contributed by atoms with Gasteiger partial charge in [-0.1, -0.05) is 15.9 Å². The van der Waals surface area contributed by atoms with E-state index in [1.54, 1.807) is 41.5 Å². The third-order valence-corrected chi connectivity index (χ3v) is 7.78. The van der Waals surface area contributed by atoms with Gasteiger partial charge in [0.1, 0.15) is 22.3 Å². The van der Waals surface area contributed by atoms with Crippen LogP contribution in [0.1, 0.15) is 50.3 Å². The number of rotatable bonds is 4. The Morgan fingerprint density at radius 1 is 1.31 bits per heavy atom. The summed E-state index contributed by atoms with van der Waals surface area (Å²) in [6.45, 7) is 2.06. The van der Waals surface area contributed by atoms with Crippen LogP contribution in [-0.4, -0.2) is 40.8 Å². The molecule has 3 heterocycles. The highest BCUT2D eigenvalue weighted by atomic mass is 79.9. The largest absolute Gasteiger partial charge is 0.482 e. The van der Waals surface area contributed by atoms with Gasteiger partial charge < -0.3 is 20.3 Å². The van der Waals surface area contributed by atoms with Crippen LogP contribution in [0.4, 0.5) is 15.8 Å². The zero-order valence-electron chi connectivity index (χ0n) is 18.6. The third-order valence-electron chi connectivity index (χ3n) is 5.97. The fourth-order valence-electron chi connectivity index (χ4n) is 4.15. The average molecular weight is 559 g/mol. The van der Waals surface area contributed by atoms with Crippen molar-refractivity contribution in [3.63, 3.8) is 0 Å². The van der Waals surface area contributed by atoms with Gasteiger partial charge in [-0.05, 0) is 55.7 Å². The van der Waals surface area contributed by atoms with Crippen molar-refractivity contribution in [3.8, 4) is 5.75 Å². The van der Waals surface area contributed by atoms with Crippen molar-refractivity contribution in [3.05, 3.63) is 67.8 Å². The van der Waals surface area contributed by atoms with Crippen LogP contribution >= 0.6 is 27.3 Å². The first kappa shape index (κ1) is 23.4. The van der Waals surface area contributed by atoms with Crippen LogP contribution in [-0.2, 0) is 4.79 Å². The molecule has 180 valence electrons. The van der Waals surface area contributed by atoms with E-state index in [-0.39, 0.29) is 35.7 Å². The van der Waals surface area contributed by atoms with Crippen molar-refractivity contribution < 1.29 is 23.5 Å². The molecule has 3 amide bonds. The first-order valence-electron chi connectivity index (χ1n) is 10.9. The van der Waals surface area contributed by atoms with Crippen LogP contribution in [0.25, 0.3) is 0 Å². The van der Waals surface area contributed by atoms with Gasteiger partial charge in [0.2, 0.25) is 0 Å². The van der Waals surface area contributed by atoms with E-state index in [4.69, 9.17) is 4.74 Å². The second-order valence-corrected chi connectivity index (χ2v) is 10.0. The number of aromatic nitrogens is 1. The summed E-state index contributed by atoms with van der Waals surface area (Å²) in [4.78, 5) is 43.6. The second kappa shape index (κ2) is 9.38. The summed E-state index contributed by atoms with van der Waals surface area (Å²) < 4.78 is 20.7. The Kier molecular flexibility index (Phi) is 6.28. The molecule has 8 nitrogen and oxygen atoms in total. The Balaban J connectivity index is 1.32. The van der Waals surface area contributed by atoms with Gasteiger partial charge in [-0.2, -0.15) is 0 Å². The van der Waals surface area contributed by atoms with Crippen LogP contribution in [0.15, 0.2) is 40.2 Å². The second-order valence-electron chi connectivity index (χ2n) is 8.26. The summed E-state index contributed by atoms with van der Waals surface area (Å²) in [7, 11) is 0. The molecule has 2 N–H and O–H groups in total. The minimum absolute atomic E-state index is 0.0237. The number of anilines is 2. The van der Waals surface area contributed by atoms with Crippen LogP contribution in [0.3, 0.4) is 0 Å². The molecule has 5 rings (SSSR count). The maximum Gasteiger partial charge on any atom is 0.275 e. The Morgan fingerprint density at radius 3 is 2.97 bits per heavy atom. The molecule has 2 aliphatic heterocycles. The predicted octanol–water partition coefficient (Wildman–Crippen LogP) is 4.91. The molecule has 1 fully saturated rings. The summed E-state index contributed by atoms with van der Waals surface area (Å²) in [5, 5.41) is 7.73. The molecule has 0 bridgehead atoms. The highest BCUT2D eigenvalue weighted by molar-refractivity contribution is 9.10. The van der Waals surface area contributed by atoms with Gasteiger partial charge in [0.05, 0.1) is 17.3 Å². The molecule has 2 aliphatic rings. The zero-order valence-corrected chi connectivity index (χ0v) is 21.0. The van der Waals surface area contributed by atoms with Gasteiger partial charge in [0.25, 0.3) is 17.7 Å².